The molecule has 1 aromatic heterocycles. The first kappa shape index (κ1) is 13.4. The fourth-order valence-electron chi connectivity index (χ4n) is 2.25. The molecule has 21 heavy (non-hydrogen) atoms. The minimum Gasteiger partial charge on any atom is -0.399 e. The lowest BCUT2D eigenvalue weighted by Crippen LogP contribution is -2.20. The van der Waals surface area contributed by atoms with Crippen LogP contribution >= 0.6 is 0 Å². The molecule has 0 unspecified atom stereocenters. The quantitative estimate of drug-likeness (QED) is 0.743. The SMILES string of the molecule is CC(C)(c1ccccc1)c1noc(-c2cccc(N)c2)n1. The zero-order valence-electron chi connectivity index (χ0n) is 12.1. The van der Waals surface area contributed by atoms with E-state index in [1.165, 1.54) is 0 Å². The van der Waals surface area contributed by atoms with E-state index in [-0.39, 0.29) is 5.41 Å². The predicted octanol–water partition coefficient (Wildman–Crippen LogP) is 3.64. The van der Waals surface area contributed by atoms with Crippen LogP contribution in [0.4, 0.5) is 5.69 Å². The molecule has 106 valence electrons. The molecule has 4 nitrogen and oxygen atoms in total. The van der Waals surface area contributed by atoms with Gasteiger partial charge in [0.05, 0.1) is 5.41 Å². The van der Waals surface area contributed by atoms with Gasteiger partial charge < -0.3 is 10.3 Å². The highest BCUT2D eigenvalue weighted by atomic mass is 16.5. The molecule has 4 heteroatoms. The highest BCUT2D eigenvalue weighted by Crippen LogP contribution is 2.30. The Hall–Kier alpha value is -2.62. The van der Waals surface area contributed by atoms with E-state index in [1.807, 2.05) is 42.5 Å². The number of benzene rings is 2. The molecule has 0 aliphatic heterocycles. The molecular formula is C17H17N3O. The summed E-state index contributed by atoms with van der Waals surface area (Å²) in [4.78, 5) is 4.54. The van der Waals surface area contributed by atoms with Crippen molar-refractivity contribution >= 4 is 5.69 Å². The summed E-state index contributed by atoms with van der Waals surface area (Å²) in [6.07, 6.45) is 0. The van der Waals surface area contributed by atoms with E-state index in [2.05, 4.69) is 36.1 Å². The summed E-state index contributed by atoms with van der Waals surface area (Å²) in [6.45, 7) is 4.16. The van der Waals surface area contributed by atoms with E-state index in [0.29, 0.717) is 17.4 Å². The molecule has 2 N–H and O–H groups in total. The summed E-state index contributed by atoms with van der Waals surface area (Å²) in [5, 5.41) is 4.14. The fourth-order valence-corrected chi connectivity index (χ4v) is 2.25. The summed E-state index contributed by atoms with van der Waals surface area (Å²) < 4.78 is 5.40. The topological polar surface area (TPSA) is 64.9 Å². The van der Waals surface area contributed by atoms with Crippen molar-refractivity contribution in [3.63, 3.8) is 0 Å². The molecule has 1 heterocycles. The van der Waals surface area contributed by atoms with Gasteiger partial charge in [0.2, 0.25) is 0 Å². The molecule has 3 aromatic rings. The van der Waals surface area contributed by atoms with Crippen molar-refractivity contribution in [3.05, 3.63) is 66.0 Å². The molecule has 0 bridgehead atoms. The maximum Gasteiger partial charge on any atom is 0.258 e. The van der Waals surface area contributed by atoms with Gasteiger partial charge in [0.15, 0.2) is 5.82 Å². The lowest BCUT2D eigenvalue weighted by atomic mass is 9.84. The zero-order chi connectivity index (χ0) is 14.9. The van der Waals surface area contributed by atoms with Crippen LogP contribution in [0.25, 0.3) is 11.5 Å². The Labute approximate surface area is 123 Å². The monoisotopic (exact) mass is 279 g/mol. The van der Waals surface area contributed by atoms with Gasteiger partial charge in [-0.3, -0.25) is 0 Å². The Morgan fingerprint density at radius 2 is 1.76 bits per heavy atom. The van der Waals surface area contributed by atoms with E-state index in [4.69, 9.17) is 10.3 Å². The lowest BCUT2D eigenvalue weighted by Gasteiger charge is -2.20. The van der Waals surface area contributed by atoms with Crippen LogP contribution in [0, 0.1) is 0 Å². The molecule has 0 fully saturated rings. The Morgan fingerprint density at radius 3 is 2.48 bits per heavy atom. The Kier molecular flexibility index (Phi) is 3.22. The van der Waals surface area contributed by atoms with Gasteiger partial charge in [0.25, 0.3) is 5.89 Å². The van der Waals surface area contributed by atoms with Gasteiger partial charge in [0, 0.05) is 11.3 Å². The van der Waals surface area contributed by atoms with Crippen LogP contribution in [0.3, 0.4) is 0 Å². The first-order valence-corrected chi connectivity index (χ1v) is 6.83. The Balaban J connectivity index is 1.98. The van der Waals surface area contributed by atoms with E-state index in [9.17, 15) is 0 Å². The summed E-state index contributed by atoms with van der Waals surface area (Å²) in [6, 6.07) is 17.6. The van der Waals surface area contributed by atoms with Gasteiger partial charge in [-0.25, -0.2) is 0 Å². The lowest BCUT2D eigenvalue weighted by molar-refractivity contribution is 0.408. The van der Waals surface area contributed by atoms with Gasteiger partial charge in [-0.1, -0.05) is 41.6 Å². The number of rotatable bonds is 3. The minimum atomic E-state index is -0.316. The standard InChI is InChI=1S/C17H17N3O/c1-17(2,13-8-4-3-5-9-13)16-19-15(21-20-16)12-7-6-10-14(18)11-12/h3-11H,18H2,1-2H3. The average Bonchev–Trinajstić information content (AvgIpc) is 2.99. The van der Waals surface area contributed by atoms with Crippen molar-refractivity contribution < 1.29 is 4.52 Å². The normalized spacial score (nSPS) is 11.5. The summed E-state index contributed by atoms with van der Waals surface area (Å²) in [5.74, 6) is 1.15. The summed E-state index contributed by atoms with van der Waals surface area (Å²) in [5.41, 5.74) is 8.12. The zero-order valence-corrected chi connectivity index (χ0v) is 12.1. The summed E-state index contributed by atoms with van der Waals surface area (Å²) >= 11 is 0. The van der Waals surface area contributed by atoms with Gasteiger partial charge in [-0.2, -0.15) is 4.98 Å². The molecule has 0 amide bonds. The molecule has 3 rings (SSSR count). The molecule has 0 saturated carbocycles. The van der Waals surface area contributed by atoms with E-state index in [0.717, 1.165) is 11.1 Å². The third-order valence-electron chi connectivity index (χ3n) is 3.61. The van der Waals surface area contributed by atoms with Crippen molar-refractivity contribution in [2.24, 2.45) is 0 Å². The minimum absolute atomic E-state index is 0.316. The largest absolute Gasteiger partial charge is 0.399 e. The molecule has 0 aliphatic carbocycles. The predicted molar refractivity (Wildman–Crippen MR) is 82.7 cm³/mol. The number of nitrogens with zero attached hydrogens (tertiary/aromatic N) is 2. The molecule has 0 atom stereocenters. The van der Waals surface area contributed by atoms with Crippen LogP contribution in [-0.2, 0) is 5.41 Å². The van der Waals surface area contributed by atoms with Gasteiger partial charge >= 0.3 is 0 Å². The van der Waals surface area contributed by atoms with Crippen LogP contribution in [0.15, 0.2) is 59.1 Å². The van der Waals surface area contributed by atoms with Crippen molar-refractivity contribution in [1.82, 2.24) is 10.1 Å². The molecule has 0 radical (unpaired) electrons. The van der Waals surface area contributed by atoms with Gasteiger partial charge in [-0.15, -0.1) is 0 Å². The third-order valence-corrected chi connectivity index (χ3v) is 3.61. The Morgan fingerprint density at radius 1 is 1.00 bits per heavy atom. The Bertz CT molecular complexity index is 747. The first-order valence-electron chi connectivity index (χ1n) is 6.83. The van der Waals surface area contributed by atoms with Crippen LogP contribution in [0.5, 0.6) is 0 Å². The van der Waals surface area contributed by atoms with Crippen molar-refractivity contribution in [2.45, 2.75) is 19.3 Å². The molecule has 0 spiro atoms. The van der Waals surface area contributed by atoms with Crippen molar-refractivity contribution in [1.29, 1.82) is 0 Å². The number of hydrogen-bond donors (Lipinski definition) is 1. The first-order chi connectivity index (χ1) is 10.1. The third kappa shape index (κ3) is 2.52. The second-order valence-electron chi connectivity index (χ2n) is 5.54. The van der Waals surface area contributed by atoms with Crippen LogP contribution in [0.2, 0.25) is 0 Å². The fraction of sp³-hybridized carbons (Fsp3) is 0.176. The van der Waals surface area contributed by atoms with E-state index in [1.54, 1.807) is 0 Å². The van der Waals surface area contributed by atoms with E-state index >= 15 is 0 Å². The number of nitrogens with two attached hydrogens (primary N) is 1. The van der Waals surface area contributed by atoms with E-state index < -0.39 is 0 Å². The second kappa shape index (κ2) is 5.05. The average molecular weight is 279 g/mol. The maximum atomic E-state index is 5.79. The number of nitrogen functional groups attached to an aromatic ring is 1. The van der Waals surface area contributed by atoms with Crippen LogP contribution < -0.4 is 5.73 Å². The number of aromatic nitrogens is 2. The highest BCUT2D eigenvalue weighted by Gasteiger charge is 2.29. The van der Waals surface area contributed by atoms with Crippen molar-refractivity contribution in [3.8, 4) is 11.5 Å². The number of hydrogen-bond acceptors (Lipinski definition) is 4. The summed E-state index contributed by atoms with van der Waals surface area (Å²) in [7, 11) is 0. The van der Waals surface area contributed by atoms with Crippen LogP contribution in [0.1, 0.15) is 25.2 Å². The number of anilines is 1. The molecule has 2 aromatic carbocycles. The highest BCUT2D eigenvalue weighted by molar-refractivity contribution is 5.59. The molecular weight excluding hydrogens is 262 g/mol. The molecule has 0 saturated heterocycles. The smallest absolute Gasteiger partial charge is 0.258 e. The van der Waals surface area contributed by atoms with Gasteiger partial charge in [-0.05, 0) is 37.6 Å². The van der Waals surface area contributed by atoms with Crippen LogP contribution in [-0.4, -0.2) is 10.1 Å². The second-order valence-corrected chi connectivity index (χ2v) is 5.54. The maximum absolute atomic E-state index is 5.79. The van der Waals surface area contributed by atoms with Gasteiger partial charge in [0.1, 0.15) is 0 Å². The van der Waals surface area contributed by atoms with Crippen molar-refractivity contribution in [2.75, 3.05) is 5.73 Å². The molecule has 0 aliphatic rings.